The van der Waals surface area contributed by atoms with Gasteiger partial charge >= 0.3 is 0 Å². The standard InChI is InChI=1S/C22H29N3O2/c1-4-16-13-25-22(26)21(16)11-15(2)24-14-18-12-23-10-9-20(18)17-5-7-19(27-3)8-6-17/h4-8,11,18,20,23-24H,1,9-10,12-14H2,2-3H3,(H,25,26)/b15-11+/t18-,20-/m0/s1. The number of hydrogen-bond acceptors (Lipinski definition) is 4. The molecule has 0 aliphatic carbocycles. The first-order valence-electron chi connectivity index (χ1n) is 9.53. The molecule has 0 aromatic heterocycles. The van der Waals surface area contributed by atoms with Gasteiger partial charge in [-0.3, -0.25) is 4.79 Å². The molecular formula is C22H29N3O2. The Hall–Kier alpha value is -2.53. The van der Waals surface area contributed by atoms with E-state index in [4.69, 9.17) is 4.74 Å². The highest BCUT2D eigenvalue weighted by molar-refractivity contribution is 6.00. The third-order valence-corrected chi connectivity index (χ3v) is 5.43. The van der Waals surface area contributed by atoms with Gasteiger partial charge in [-0.05, 0) is 61.1 Å². The minimum atomic E-state index is -0.0264. The number of nitrogens with one attached hydrogen (secondary N) is 3. The zero-order valence-corrected chi connectivity index (χ0v) is 16.2. The molecule has 2 aliphatic rings. The minimum absolute atomic E-state index is 0.0264. The van der Waals surface area contributed by atoms with Gasteiger partial charge in [-0.2, -0.15) is 0 Å². The third-order valence-electron chi connectivity index (χ3n) is 5.43. The van der Waals surface area contributed by atoms with Crippen molar-refractivity contribution in [1.29, 1.82) is 0 Å². The Morgan fingerprint density at radius 1 is 1.37 bits per heavy atom. The molecule has 27 heavy (non-hydrogen) atoms. The molecule has 0 unspecified atom stereocenters. The lowest BCUT2D eigenvalue weighted by Gasteiger charge is -2.33. The summed E-state index contributed by atoms with van der Waals surface area (Å²) in [6, 6.07) is 8.42. The van der Waals surface area contributed by atoms with Crippen molar-refractivity contribution in [3.05, 3.63) is 65.4 Å². The van der Waals surface area contributed by atoms with Crippen LogP contribution >= 0.6 is 0 Å². The van der Waals surface area contributed by atoms with Gasteiger partial charge in [0.2, 0.25) is 0 Å². The van der Waals surface area contributed by atoms with Crippen LogP contribution in [-0.2, 0) is 4.79 Å². The topological polar surface area (TPSA) is 62.4 Å². The first-order valence-corrected chi connectivity index (χ1v) is 9.53. The second-order valence-electron chi connectivity index (χ2n) is 7.17. The molecule has 3 N–H and O–H groups in total. The van der Waals surface area contributed by atoms with E-state index in [2.05, 4.69) is 34.7 Å². The molecule has 0 radical (unpaired) electrons. The van der Waals surface area contributed by atoms with Crippen molar-refractivity contribution >= 4 is 5.91 Å². The number of benzene rings is 1. The second kappa shape index (κ2) is 8.91. The SMILES string of the molecule is C=CC1=C(/C=C(\C)NC[C@@H]2CNCC[C@H]2c2ccc(OC)cc2)C(=O)NC1. The molecular weight excluding hydrogens is 338 g/mol. The Kier molecular flexibility index (Phi) is 6.35. The average molecular weight is 367 g/mol. The summed E-state index contributed by atoms with van der Waals surface area (Å²) < 4.78 is 5.28. The summed E-state index contributed by atoms with van der Waals surface area (Å²) in [5.41, 5.74) is 4.03. The van der Waals surface area contributed by atoms with E-state index in [0.717, 1.165) is 43.1 Å². The molecule has 1 amide bonds. The Morgan fingerprint density at radius 3 is 2.85 bits per heavy atom. The van der Waals surface area contributed by atoms with Crippen LogP contribution in [-0.4, -0.2) is 39.2 Å². The van der Waals surface area contributed by atoms with E-state index >= 15 is 0 Å². The quantitative estimate of drug-likeness (QED) is 0.693. The Morgan fingerprint density at radius 2 is 2.15 bits per heavy atom. The van der Waals surface area contributed by atoms with Crippen molar-refractivity contribution in [2.75, 3.05) is 33.3 Å². The molecule has 1 aromatic carbocycles. The monoisotopic (exact) mass is 367 g/mol. The van der Waals surface area contributed by atoms with Crippen molar-refractivity contribution in [3.8, 4) is 5.75 Å². The Bertz CT molecular complexity index is 749. The van der Waals surface area contributed by atoms with Gasteiger partial charge in [0, 0.05) is 30.9 Å². The van der Waals surface area contributed by atoms with E-state index in [0.29, 0.717) is 24.0 Å². The van der Waals surface area contributed by atoms with Crippen molar-refractivity contribution in [3.63, 3.8) is 0 Å². The van der Waals surface area contributed by atoms with Crippen LogP contribution in [0.5, 0.6) is 5.75 Å². The first kappa shape index (κ1) is 19.2. The van der Waals surface area contributed by atoms with Gasteiger partial charge in [-0.15, -0.1) is 0 Å². The maximum Gasteiger partial charge on any atom is 0.251 e. The zero-order chi connectivity index (χ0) is 19.2. The molecule has 1 saturated heterocycles. The van der Waals surface area contributed by atoms with Crippen LogP contribution in [0.3, 0.4) is 0 Å². The van der Waals surface area contributed by atoms with E-state index in [1.165, 1.54) is 5.56 Å². The van der Waals surface area contributed by atoms with E-state index in [-0.39, 0.29) is 5.91 Å². The fourth-order valence-corrected chi connectivity index (χ4v) is 3.84. The fraction of sp³-hybridized carbons (Fsp3) is 0.409. The number of carbonyl (C=O) groups is 1. The van der Waals surface area contributed by atoms with Crippen molar-refractivity contribution in [1.82, 2.24) is 16.0 Å². The lowest BCUT2D eigenvalue weighted by Crippen LogP contribution is -2.40. The predicted octanol–water partition coefficient (Wildman–Crippen LogP) is 2.49. The molecule has 0 saturated carbocycles. The molecule has 0 bridgehead atoms. The predicted molar refractivity (Wildman–Crippen MR) is 109 cm³/mol. The van der Waals surface area contributed by atoms with Gasteiger partial charge in [0.25, 0.3) is 5.91 Å². The number of hydrogen-bond donors (Lipinski definition) is 3. The minimum Gasteiger partial charge on any atom is -0.497 e. The maximum atomic E-state index is 12.0. The Labute approximate surface area is 161 Å². The lowest BCUT2D eigenvalue weighted by molar-refractivity contribution is -0.116. The third kappa shape index (κ3) is 4.61. The molecule has 2 heterocycles. The molecule has 5 nitrogen and oxygen atoms in total. The van der Waals surface area contributed by atoms with Gasteiger partial charge < -0.3 is 20.7 Å². The largest absolute Gasteiger partial charge is 0.497 e. The van der Waals surface area contributed by atoms with Crippen molar-refractivity contribution in [2.24, 2.45) is 5.92 Å². The highest BCUT2D eigenvalue weighted by atomic mass is 16.5. The number of rotatable bonds is 7. The van der Waals surface area contributed by atoms with E-state index in [1.54, 1.807) is 13.2 Å². The number of allylic oxidation sites excluding steroid dienone is 1. The van der Waals surface area contributed by atoms with Crippen LogP contribution in [0.1, 0.15) is 24.8 Å². The van der Waals surface area contributed by atoms with E-state index < -0.39 is 0 Å². The number of piperidine rings is 1. The van der Waals surface area contributed by atoms with Crippen LogP contribution in [0.25, 0.3) is 0 Å². The number of methoxy groups -OCH3 is 1. The van der Waals surface area contributed by atoms with Crippen LogP contribution < -0.4 is 20.7 Å². The summed E-state index contributed by atoms with van der Waals surface area (Å²) in [5.74, 6) is 1.86. The number of ether oxygens (including phenoxy) is 1. The highest BCUT2D eigenvalue weighted by Gasteiger charge is 2.26. The second-order valence-corrected chi connectivity index (χ2v) is 7.17. The van der Waals surface area contributed by atoms with Gasteiger partial charge in [-0.25, -0.2) is 0 Å². The molecule has 1 aromatic rings. The van der Waals surface area contributed by atoms with Gasteiger partial charge in [0.15, 0.2) is 0 Å². The average Bonchev–Trinajstić information content (AvgIpc) is 3.06. The Balaban J connectivity index is 1.66. The van der Waals surface area contributed by atoms with Gasteiger partial charge in [-0.1, -0.05) is 24.8 Å². The summed E-state index contributed by atoms with van der Waals surface area (Å²) >= 11 is 0. The summed E-state index contributed by atoms with van der Waals surface area (Å²) in [6.45, 7) is 9.26. The normalized spacial score (nSPS) is 23.2. The maximum absolute atomic E-state index is 12.0. The first-order chi connectivity index (χ1) is 13.1. The summed E-state index contributed by atoms with van der Waals surface area (Å²) in [7, 11) is 1.69. The van der Waals surface area contributed by atoms with E-state index in [1.807, 2.05) is 25.1 Å². The molecule has 1 fully saturated rings. The molecule has 0 spiro atoms. The summed E-state index contributed by atoms with van der Waals surface area (Å²) in [5, 5.41) is 9.86. The molecule has 5 heteroatoms. The number of carbonyl (C=O) groups excluding carboxylic acids is 1. The van der Waals surface area contributed by atoms with Gasteiger partial charge in [0.1, 0.15) is 5.75 Å². The molecule has 3 rings (SSSR count). The molecule has 2 atom stereocenters. The van der Waals surface area contributed by atoms with Gasteiger partial charge in [0.05, 0.1) is 7.11 Å². The smallest absolute Gasteiger partial charge is 0.251 e. The van der Waals surface area contributed by atoms with Crippen molar-refractivity contribution < 1.29 is 9.53 Å². The molecule has 2 aliphatic heterocycles. The van der Waals surface area contributed by atoms with E-state index in [9.17, 15) is 4.79 Å². The lowest BCUT2D eigenvalue weighted by atomic mass is 9.81. The number of amides is 1. The highest BCUT2D eigenvalue weighted by Crippen LogP contribution is 2.31. The van der Waals surface area contributed by atoms with Crippen LogP contribution in [0.15, 0.2) is 59.8 Å². The molecule has 144 valence electrons. The summed E-state index contributed by atoms with van der Waals surface area (Å²) in [6.07, 6.45) is 4.80. The van der Waals surface area contributed by atoms with Crippen LogP contribution in [0.2, 0.25) is 0 Å². The fourth-order valence-electron chi connectivity index (χ4n) is 3.84. The van der Waals surface area contributed by atoms with Crippen LogP contribution in [0.4, 0.5) is 0 Å². The van der Waals surface area contributed by atoms with Crippen molar-refractivity contribution in [2.45, 2.75) is 19.3 Å². The zero-order valence-electron chi connectivity index (χ0n) is 16.2. The van der Waals surface area contributed by atoms with Crippen LogP contribution in [0, 0.1) is 5.92 Å². The summed E-state index contributed by atoms with van der Waals surface area (Å²) in [4.78, 5) is 12.0.